The van der Waals surface area contributed by atoms with Crippen LogP contribution in [-0.4, -0.2) is 21.3 Å². The summed E-state index contributed by atoms with van der Waals surface area (Å²) in [6, 6.07) is 0. The molecule has 1 heterocycles. The Labute approximate surface area is 84.5 Å². The number of hydrogen-bond acceptors (Lipinski definition) is 3. The highest BCUT2D eigenvalue weighted by atomic mass is 19.1. The number of halogens is 1. The van der Waals surface area contributed by atoms with Gasteiger partial charge in [-0.05, 0) is 13.0 Å². The molecule has 0 unspecified atom stereocenters. The molecule has 15 heavy (non-hydrogen) atoms. The van der Waals surface area contributed by atoms with Crippen molar-refractivity contribution in [1.29, 1.82) is 0 Å². The lowest BCUT2D eigenvalue weighted by atomic mass is 10.4. The van der Waals surface area contributed by atoms with Gasteiger partial charge < -0.3 is 5.11 Å². The first-order valence-corrected chi connectivity index (χ1v) is 4.30. The van der Waals surface area contributed by atoms with E-state index in [1.807, 2.05) is 0 Å². The molecule has 1 aromatic rings. The summed E-state index contributed by atoms with van der Waals surface area (Å²) in [5.74, 6) is -0.717. The number of aryl methyl sites for hydroxylation is 1. The molecule has 0 saturated carbocycles. The molecular weight excluding hydrogens is 203 g/mol. The summed E-state index contributed by atoms with van der Waals surface area (Å²) < 4.78 is 13.7. The van der Waals surface area contributed by atoms with Crippen molar-refractivity contribution in [2.45, 2.75) is 13.5 Å². The Kier molecular flexibility index (Phi) is 3.56. The Morgan fingerprint density at radius 1 is 1.67 bits per heavy atom. The molecule has 0 atom stereocenters. The molecule has 0 aliphatic heterocycles. The van der Waals surface area contributed by atoms with Gasteiger partial charge >= 0.3 is 5.69 Å². The topological polar surface area (TPSA) is 75.1 Å². The van der Waals surface area contributed by atoms with E-state index in [0.717, 1.165) is 10.6 Å². The zero-order chi connectivity index (χ0) is 11.4. The van der Waals surface area contributed by atoms with Crippen molar-refractivity contribution in [3.8, 4) is 0 Å². The molecule has 0 bridgehead atoms. The van der Waals surface area contributed by atoms with Gasteiger partial charge in [0, 0.05) is 18.3 Å². The number of allylic oxidation sites excluding steroid dienone is 1. The van der Waals surface area contributed by atoms with Crippen LogP contribution in [-0.2, 0) is 6.54 Å². The average Bonchev–Trinajstić information content (AvgIpc) is 2.21. The second-order valence-electron chi connectivity index (χ2n) is 3.03. The molecule has 0 radical (unpaired) electrons. The Morgan fingerprint density at radius 3 is 2.93 bits per heavy atom. The molecule has 82 valence electrons. The second kappa shape index (κ2) is 4.70. The fraction of sp³-hybridized carbons (Fsp3) is 0.333. The number of aromatic nitrogens is 2. The third kappa shape index (κ3) is 2.88. The van der Waals surface area contributed by atoms with Crippen LogP contribution in [0.2, 0.25) is 0 Å². The number of aliphatic hydroxyl groups is 1. The molecule has 0 aliphatic rings. The molecule has 6 heteroatoms. The van der Waals surface area contributed by atoms with E-state index < -0.39 is 23.7 Å². The first kappa shape index (κ1) is 11.4. The number of hydrogen-bond donors (Lipinski definition) is 2. The standard InChI is InChI=1S/C9H11FN2O3/c1-6-4-12(3-2-7(10)5-13)9(15)11-8(6)14/h2,4,13H,3,5H2,1H3,(H,11,14,15)/b7-2+. The SMILES string of the molecule is Cc1cn(C/C=C(/F)CO)c(=O)[nH]c1=O. The van der Waals surface area contributed by atoms with Crippen molar-refractivity contribution in [2.75, 3.05) is 6.61 Å². The lowest BCUT2D eigenvalue weighted by Gasteiger charge is -2.01. The highest BCUT2D eigenvalue weighted by Crippen LogP contribution is 1.94. The van der Waals surface area contributed by atoms with Crippen LogP contribution in [0, 0.1) is 6.92 Å². The van der Waals surface area contributed by atoms with Crippen molar-refractivity contribution < 1.29 is 9.50 Å². The van der Waals surface area contributed by atoms with Gasteiger partial charge in [0.15, 0.2) is 0 Å². The van der Waals surface area contributed by atoms with Crippen LogP contribution in [0.1, 0.15) is 5.56 Å². The Balaban J connectivity index is 3.02. The van der Waals surface area contributed by atoms with Gasteiger partial charge in [-0.2, -0.15) is 0 Å². The van der Waals surface area contributed by atoms with Crippen LogP contribution < -0.4 is 11.2 Å². The molecule has 0 fully saturated rings. The molecule has 5 nitrogen and oxygen atoms in total. The van der Waals surface area contributed by atoms with E-state index in [1.165, 1.54) is 6.20 Å². The highest BCUT2D eigenvalue weighted by Gasteiger charge is 1.99. The van der Waals surface area contributed by atoms with Crippen molar-refractivity contribution in [3.05, 3.63) is 44.5 Å². The van der Waals surface area contributed by atoms with E-state index in [1.54, 1.807) is 6.92 Å². The molecular formula is C9H11FN2O3. The molecule has 0 saturated heterocycles. The average molecular weight is 214 g/mol. The summed E-state index contributed by atoms with van der Waals surface area (Å²) in [5, 5.41) is 8.39. The van der Waals surface area contributed by atoms with Crippen molar-refractivity contribution in [3.63, 3.8) is 0 Å². The molecule has 0 spiro atoms. The first-order chi connectivity index (χ1) is 7.04. The monoisotopic (exact) mass is 214 g/mol. The quantitative estimate of drug-likeness (QED) is 0.724. The minimum atomic E-state index is -0.717. The molecule has 0 amide bonds. The van der Waals surface area contributed by atoms with Crippen LogP contribution in [0.5, 0.6) is 0 Å². The van der Waals surface area contributed by atoms with Gasteiger partial charge in [0.1, 0.15) is 5.83 Å². The highest BCUT2D eigenvalue weighted by molar-refractivity contribution is 5.02. The number of nitrogens with one attached hydrogen (secondary N) is 1. The third-order valence-corrected chi connectivity index (χ3v) is 1.85. The Hall–Kier alpha value is -1.69. The summed E-state index contributed by atoms with van der Waals surface area (Å²) in [6.07, 6.45) is 2.40. The summed E-state index contributed by atoms with van der Waals surface area (Å²) in [5.41, 5.74) is -0.692. The zero-order valence-electron chi connectivity index (χ0n) is 8.16. The molecule has 1 aromatic heterocycles. The van der Waals surface area contributed by atoms with E-state index in [4.69, 9.17) is 5.11 Å². The maximum atomic E-state index is 12.6. The third-order valence-electron chi connectivity index (χ3n) is 1.85. The molecule has 1 rings (SSSR count). The molecule has 2 N–H and O–H groups in total. The van der Waals surface area contributed by atoms with Gasteiger partial charge in [-0.15, -0.1) is 0 Å². The first-order valence-electron chi connectivity index (χ1n) is 4.30. The maximum Gasteiger partial charge on any atom is 0.328 e. The fourth-order valence-electron chi connectivity index (χ4n) is 1.02. The largest absolute Gasteiger partial charge is 0.389 e. The zero-order valence-corrected chi connectivity index (χ0v) is 8.16. The minimum Gasteiger partial charge on any atom is -0.389 e. The molecule has 0 aromatic carbocycles. The van der Waals surface area contributed by atoms with Gasteiger partial charge in [-0.1, -0.05) is 0 Å². The summed E-state index contributed by atoms with van der Waals surface area (Å²) in [6.45, 7) is 0.820. The molecule has 0 aliphatic carbocycles. The van der Waals surface area contributed by atoms with E-state index in [0.29, 0.717) is 5.56 Å². The van der Waals surface area contributed by atoms with Gasteiger partial charge in [0.05, 0.1) is 6.61 Å². The van der Waals surface area contributed by atoms with E-state index in [-0.39, 0.29) is 6.54 Å². The summed E-state index contributed by atoms with van der Waals surface area (Å²) >= 11 is 0. The summed E-state index contributed by atoms with van der Waals surface area (Å²) in [4.78, 5) is 24.3. The van der Waals surface area contributed by atoms with Gasteiger partial charge in [0.2, 0.25) is 0 Å². The van der Waals surface area contributed by atoms with Gasteiger partial charge in [0.25, 0.3) is 5.56 Å². The lowest BCUT2D eigenvalue weighted by molar-refractivity contribution is 0.297. The van der Waals surface area contributed by atoms with Gasteiger partial charge in [-0.3, -0.25) is 14.3 Å². The van der Waals surface area contributed by atoms with Crippen LogP contribution in [0.3, 0.4) is 0 Å². The van der Waals surface area contributed by atoms with E-state index in [9.17, 15) is 14.0 Å². The minimum absolute atomic E-state index is 0.0250. The second-order valence-corrected chi connectivity index (χ2v) is 3.03. The van der Waals surface area contributed by atoms with Crippen LogP contribution in [0.4, 0.5) is 4.39 Å². The maximum absolute atomic E-state index is 12.6. The van der Waals surface area contributed by atoms with Crippen LogP contribution >= 0.6 is 0 Å². The predicted molar refractivity (Wildman–Crippen MR) is 52.3 cm³/mol. The smallest absolute Gasteiger partial charge is 0.328 e. The van der Waals surface area contributed by atoms with Crippen LogP contribution in [0.25, 0.3) is 0 Å². The normalized spacial score (nSPS) is 11.8. The van der Waals surface area contributed by atoms with Gasteiger partial charge in [-0.25, -0.2) is 9.18 Å². The number of aromatic amines is 1. The summed E-state index contributed by atoms with van der Waals surface area (Å²) in [7, 11) is 0. The predicted octanol–water partition coefficient (Wildman–Crippen LogP) is -0.309. The number of nitrogens with zero attached hydrogens (tertiary/aromatic N) is 1. The number of aliphatic hydroxyl groups excluding tert-OH is 1. The van der Waals surface area contributed by atoms with Crippen molar-refractivity contribution in [2.24, 2.45) is 0 Å². The van der Waals surface area contributed by atoms with Crippen LogP contribution in [0.15, 0.2) is 27.7 Å². The Bertz CT molecular complexity index is 487. The van der Waals surface area contributed by atoms with Crippen molar-refractivity contribution >= 4 is 0 Å². The Morgan fingerprint density at radius 2 is 2.33 bits per heavy atom. The van der Waals surface area contributed by atoms with Crippen molar-refractivity contribution in [1.82, 2.24) is 9.55 Å². The number of H-pyrrole nitrogens is 1. The van der Waals surface area contributed by atoms with E-state index in [2.05, 4.69) is 4.98 Å². The fourth-order valence-corrected chi connectivity index (χ4v) is 1.02. The number of rotatable bonds is 3. The lowest BCUT2D eigenvalue weighted by Crippen LogP contribution is -2.30. The van der Waals surface area contributed by atoms with E-state index >= 15 is 0 Å².